The average molecular weight is 439 g/mol. The van der Waals surface area contributed by atoms with Crippen LogP contribution in [-0.2, 0) is 19.7 Å². The van der Waals surface area contributed by atoms with Gasteiger partial charge in [-0.3, -0.25) is 4.79 Å². The molecule has 1 amide bonds. The summed E-state index contributed by atoms with van der Waals surface area (Å²) in [5.41, 5.74) is 0.559. The van der Waals surface area contributed by atoms with Crippen molar-refractivity contribution in [2.24, 2.45) is 0 Å². The Bertz CT molecular complexity index is 824. The third-order valence-corrected chi connectivity index (χ3v) is 5.45. The molecule has 0 atom stereocenters. The molecule has 3 rings (SSSR count). The first kappa shape index (κ1) is 21.8. The molecule has 1 fully saturated rings. The first-order valence-corrected chi connectivity index (χ1v) is 10.3. The van der Waals surface area contributed by atoms with E-state index >= 15 is 0 Å². The Labute approximate surface area is 180 Å². The van der Waals surface area contributed by atoms with E-state index in [0.717, 1.165) is 5.56 Å². The van der Waals surface area contributed by atoms with Crippen LogP contribution in [0.15, 0.2) is 36.5 Å². The zero-order chi connectivity index (χ0) is 20.7. The van der Waals surface area contributed by atoms with E-state index in [1.165, 1.54) is 0 Å². The summed E-state index contributed by atoms with van der Waals surface area (Å²) in [6.07, 6.45) is 2.64. The molecule has 156 valence electrons. The normalized spacial score (nSPS) is 15.7. The summed E-state index contributed by atoms with van der Waals surface area (Å²) in [7, 11) is 0. The Morgan fingerprint density at radius 2 is 2.00 bits per heavy atom. The first-order chi connectivity index (χ1) is 14.0. The molecule has 2 heterocycles. The molecule has 0 radical (unpaired) electrons. The van der Waals surface area contributed by atoms with Crippen LogP contribution in [0.2, 0.25) is 10.0 Å². The van der Waals surface area contributed by atoms with Gasteiger partial charge >= 0.3 is 0 Å². The highest BCUT2D eigenvalue weighted by molar-refractivity contribution is 6.35. The largest absolute Gasteiger partial charge is 0.475 e. The van der Waals surface area contributed by atoms with Crippen LogP contribution in [0, 0.1) is 0 Å². The number of nitrogens with zero attached hydrogens (tertiary/aromatic N) is 1. The highest BCUT2D eigenvalue weighted by Crippen LogP contribution is 2.40. The summed E-state index contributed by atoms with van der Waals surface area (Å²) in [5.74, 6) is 0.334. The summed E-state index contributed by atoms with van der Waals surface area (Å²) in [4.78, 5) is 17.6. The fraction of sp³-hybridized carbons (Fsp3) is 0.429. The molecule has 0 spiro atoms. The highest BCUT2D eigenvalue weighted by atomic mass is 35.5. The summed E-state index contributed by atoms with van der Waals surface area (Å²) in [5, 5.41) is 3.98. The van der Waals surface area contributed by atoms with Gasteiger partial charge in [0.05, 0.1) is 23.9 Å². The van der Waals surface area contributed by atoms with Gasteiger partial charge in [0, 0.05) is 35.9 Å². The number of anilines is 1. The number of benzene rings is 1. The van der Waals surface area contributed by atoms with Crippen molar-refractivity contribution < 1.29 is 19.0 Å². The number of aromatic nitrogens is 1. The summed E-state index contributed by atoms with van der Waals surface area (Å²) in [6, 6.07) is 8.72. The van der Waals surface area contributed by atoms with Gasteiger partial charge in [-0.1, -0.05) is 29.3 Å². The molecule has 1 aliphatic heterocycles. The zero-order valence-corrected chi connectivity index (χ0v) is 17.8. The fourth-order valence-electron chi connectivity index (χ4n) is 3.36. The van der Waals surface area contributed by atoms with Crippen LogP contribution < -0.4 is 10.1 Å². The lowest BCUT2D eigenvalue weighted by Gasteiger charge is -2.36. The Morgan fingerprint density at radius 3 is 2.66 bits per heavy atom. The smallest absolute Gasteiger partial charge is 0.235 e. The number of ether oxygens (including phenoxy) is 3. The van der Waals surface area contributed by atoms with Crippen molar-refractivity contribution in [3.63, 3.8) is 0 Å². The van der Waals surface area contributed by atoms with Gasteiger partial charge in [-0.2, -0.15) is 0 Å². The average Bonchev–Trinajstić information content (AvgIpc) is 2.73. The minimum atomic E-state index is -0.785. The number of halogens is 2. The molecule has 8 heteroatoms. The molecule has 2 aromatic rings. The monoisotopic (exact) mass is 438 g/mol. The molecular weight excluding hydrogens is 415 g/mol. The fourth-order valence-corrected chi connectivity index (χ4v) is 3.95. The third-order valence-electron chi connectivity index (χ3n) is 4.90. The Kier molecular flexibility index (Phi) is 7.72. The third kappa shape index (κ3) is 5.39. The van der Waals surface area contributed by atoms with Gasteiger partial charge in [0.2, 0.25) is 11.8 Å². The van der Waals surface area contributed by atoms with Gasteiger partial charge < -0.3 is 19.5 Å². The Hall–Kier alpha value is -1.86. The second-order valence-electron chi connectivity index (χ2n) is 6.70. The number of hydrogen-bond acceptors (Lipinski definition) is 5. The lowest BCUT2D eigenvalue weighted by Crippen LogP contribution is -2.45. The molecule has 1 N–H and O–H groups in total. The molecular formula is C21H24Cl2N2O4. The first-order valence-electron chi connectivity index (χ1n) is 9.56. The molecule has 0 saturated carbocycles. The predicted octanol–water partition coefficient (Wildman–Crippen LogP) is 4.49. The molecule has 1 aromatic carbocycles. The molecule has 0 aliphatic carbocycles. The van der Waals surface area contributed by atoms with Crippen molar-refractivity contribution in [1.29, 1.82) is 0 Å². The number of pyridine rings is 1. The van der Waals surface area contributed by atoms with Crippen LogP contribution in [0.25, 0.3) is 0 Å². The van der Waals surface area contributed by atoms with Gasteiger partial charge in [0.15, 0.2) is 0 Å². The maximum absolute atomic E-state index is 13.3. The molecule has 1 aliphatic rings. The Balaban J connectivity index is 1.74. The summed E-state index contributed by atoms with van der Waals surface area (Å²) < 4.78 is 16.2. The number of carbonyl (C=O) groups is 1. The van der Waals surface area contributed by atoms with Crippen molar-refractivity contribution >= 4 is 34.8 Å². The molecule has 6 nitrogen and oxygen atoms in total. The molecule has 0 unspecified atom stereocenters. The van der Waals surface area contributed by atoms with Crippen LogP contribution >= 0.6 is 23.2 Å². The van der Waals surface area contributed by atoms with E-state index in [-0.39, 0.29) is 5.91 Å². The molecule has 1 aromatic heterocycles. The summed E-state index contributed by atoms with van der Waals surface area (Å²) in [6.45, 7) is 4.46. The van der Waals surface area contributed by atoms with E-state index in [9.17, 15) is 4.79 Å². The molecule has 1 saturated heterocycles. The van der Waals surface area contributed by atoms with Crippen molar-refractivity contribution in [1.82, 2.24) is 4.98 Å². The van der Waals surface area contributed by atoms with Crippen molar-refractivity contribution in [3.8, 4) is 5.88 Å². The predicted molar refractivity (Wildman–Crippen MR) is 113 cm³/mol. The van der Waals surface area contributed by atoms with Gasteiger partial charge in [0.25, 0.3) is 0 Å². The number of nitrogens with one attached hydrogen (secondary N) is 1. The van der Waals surface area contributed by atoms with E-state index < -0.39 is 5.41 Å². The van der Waals surface area contributed by atoms with Gasteiger partial charge in [-0.15, -0.1) is 0 Å². The second-order valence-corrected chi connectivity index (χ2v) is 7.55. The van der Waals surface area contributed by atoms with Gasteiger partial charge in [-0.25, -0.2) is 4.98 Å². The van der Waals surface area contributed by atoms with Gasteiger partial charge in [-0.05, 0) is 43.5 Å². The second kappa shape index (κ2) is 10.3. The lowest BCUT2D eigenvalue weighted by molar-refractivity contribution is -0.125. The van der Waals surface area contributed by atoms with E-state index in [2.05, 4.69) is 10.3 Å². The maximum atomic E-state index is 13.3. The van der Waals surface area contributed by atoms with E-state index in [4.69, 9.17) is 37.4 Å². The molecule has 0 bridgehead atoms. The standard InChI is InChI=1S/C21H24Cl2N2O4/c1-2-27-11-12-29-19-6-4-16(14-24-19)25-20(26)21(7-9-28-10-8-21)17-5-3-15(22)13-18(17)23/h3-6,13-14H,2,7-12H2,1H3,(H,25,26). The molecule has 29 heavy (non-hydrogen) atoms. The maximum Gasteiger partial charge on any atom is 0.235 e. The van der Waals surface area contributed by atoms with Crippen molar-refractivity contribution in [2.75, 3.05) is 38.4 Å². The van der Waals surface area contributed by atoms with E-state index in [1.54, 1.807) is 30.5 Å². The van der Waals surface area contributed by atoms with E-state index in [0.29, 0.717) is 67.5 Å². The SMILES string of the molecule is CCOCCOc1ccc(NC(=O)C2(c3ccc(Cl)cc3Cl)CCOCC2)cn1. The van der Waals surface area contributed by atoms with Gasteiger partial charge in [0.1, 0.15) is 6.61 Å². The lowest BCUT2D eigenvalue weighted by atomic mass is 9.73. The van der Waals surface area contributed by atoms with Crippen molar-refractivity contribution in [2.45, 2.75) is 25.2 Å². The van der Waals surface area contributed by atoms with Crippen molar-refractivity contribution in [3.05, 3.63) is 52.1 Å². The highest BCUT2D eigenvalue weighted by Gasteiger charge is 2.43. The number of hydrogen-bond donors (Lipinski definition) is 1. The minimum absolute atomic E-state index is 0.142. The van der Waals surface area contributed by atoms with Crippen LogP contribution in [0.1, 0.15) is 25.3 Å². The Morgan fingerprint density at radius 1 is 1.21 bits per heavy atom. The van der Waals surface area contributed by atoms with Crippen LogP contribution in [0.3, 0.4) is 0 Å². The van der Waals surface area contributed by atoms with Crippen LogP contribution in [0.4, 0.5) is 5.69 Å². The topological polar surface area (TPSA) is 69.7 Å². The van der Waals surface area contributed by atoms with Crippen LogP contribution in [-0.4, -0.2) is 43.9 Å². The zero-order valence-electron chi connectivity index (χ0n) is 16.2. The number of rotatable bonds is 8. The van der Waals surface area contributed by atoms with Crippen LogP contribution in [0.5, 0.6) is 5.88 Å². The quantitative estimate of drug-likeness (QED) is 0.614. The number of carbonyl (C=O) groups excluding carboxylic acids is 1. The minimum Gasteiger partial charge on any atom is -0.475 e. The van der Waals surface area contributed by atoms with E-state index in [1.807, 2.05) is 13.0 Å². The summed E-state index contributed by atoms with van der Waals surface area (Å²) >= 11 is 12.5. The number of amides is 1.